The molecular formula is C11H22N2OS. The molecule has 0 radical (unpaired) electrons. The van der Waals surface area contributed by atoms with Crippen molar-refractivity contribution in [1.82, 2.24) is 5.32 Å². The molecular weight excluding hydrogens is 208 g/mol. The second kappa shape index (κ2) is 5.75. The molecule has 1 aliphatic carbocycles. The van der Waals surface area contributed by atoms with Gasteiger partial charge in [-0.1, -0.05) is 12.8 Å². The van der Waals surface area contributed by atoms with Crippen LogP contribution in [0.15, 0.2) is 0 Å². The third kappa shape index (κ3) is 3.68. The molecule has 1 fully saturated rings. The van der Waals surface area contributed by atoms with Crippen LogP contribution in [0.3, 0.4) is 0 Å². The Bertz CT molecular complexity index is 215. The lowest BCUT2D eigenvalue weighted by atomic mass is 9.97. The first-order valence-corrected chi connectivity index (χ1v) is 7.06. The van der Waals surface area contributed by atoms with Crippen LogP contribution in [-0.4, -0.2) is 29.5 Å². The molecule has 0 aromatic rings. The van der Waals surface area contributed by atoms with Crippen LogP contribution in [0, 0.1) is 0 Å². The van der Waals surface area contributed by atoms with Crippen LogP contribution < -0.4 is 11.1 Å². The van der Waals surface area contributed by atoms with Crippen molar-refractivity contribution in [2.75, 3.05) is 12.0 Å². The van der Waals surface area contributed by atoms with E-state index in [0.717, 1.165) is 37.9 Å². The number of hydrogen-bond acceptors (Lipinski definition) is 3. The first-order valence-electron chi connectivity index (χ1n) is 5.67. The summed E-state index contributed by atoms with van der Waals surface area (Å²) in [5.74, 6) is 1.13. The van der Waals surface area contributed by atoms with Gasteiger partial charge in [0.05, 0.1) is 5.54 Å². The number of rotatable bonds is 5. The molecule has 0 aromatic heterocycles. The molecule has 1 aliphatic rings. The lowest BCUT2D eigenvalue weighted by Crippen LogP contribution is -2.54. The van der Waals surface area contributed by atoms with Gasteiger partial charge in [-0.3, -0.25) is 4.79 Å². The van der Waals surface area contributed by atoms with Crippen molar-refractivity contribution in [3.05, 3.63) is 0 Å². The number of nitrogens with one attached hydrogen (secondary N) is 1. The van der Waals surface area contributed by atoms with Crippen molar-refractivity contribution in [3.63, 3.8) is 0 Å². The first kappa shape index (κ1) is 12.8. The molecule has 3 nitrogen and oxygen atoms in total. The van der Waals surface area contributed by atoms with Crippen LogP contribution in [0.25, 0.3) is 0 Å². The summed E-state index contributed by atoms with van der Waals surface area (Å²) in [6.07, 6.45) is 6.95. The molecule has 4 heteroatoms. The average molecular weight is 230 g/mol. The summed E-state index contributed by atoms with van der Waals surface area (Å²) in [6.45, 7) is 2.05. The monoisotopic (exact) mass is 230 g/mol. The van der Waals surface area contributed by atoms with Gasteiger partial charge in [-0.05, 0) is 38.2 Å². The Morgan fingerprint density at radius 3 is 2.67 bits per heavy atom. The van der Waals surface area contributed by atoms with Crippen LogP contribution in [0.4, 0.5) is 0 Å². The van der Waals surface area contributed by atoms with E-state index in [9.17, 15) is 4.79 Å². The predicted molar refractivity (Wildman–Crippen MR) is 66.0 cm³/mol. The van der Waals surface area contributed by atoms with Gasteiger partial charge in [-0.25, -0.2) is 0 Å². The maximum absolute atomic E-state index is 11.9. The molecule has 0 spiro atoms. The van der Waals surface area contributed by atoms with Gasteiger partial charge in [0.15, 0.2) is 0 Å². The highest BCUT2D eigenvalue weighted by Gasteiger charge is 2.37. The molecule has 0 heterocycles. The molecule has 0 aromatic carbocycles. The van der Waals surface area contributed by atoms with E-state index < -0.39 is 5.54 Å². The lowest BCUT2D eigenvalue weighted by Gasteiger charge is -2.25. The maximum Gasteiger partial charge on any atom is 0.240 e. The van der Waals surface area contributed by atoms with Crippen molar-refractivity contribution in [2.24, 2.45) is 5.73 Å². The zero-order chi connectivity index (χ0) is 11.3. The summed E-state index contributed by atoms with van der Waals surface area (Å²) in [6, 6.07) is 0.242. The molecule has 1 rings (SSSR count). The summed E-state index contributed by atoms with van der Waals surface area (Å²) in [5, 5.41) is 3.02. The molecule has 1 atom stereocenters. The molecule has 1 unspecified atom stereocenters. The van der Waals surface area contributed by atoms with Crippen LogP contribution in [0.5, 0.6) is 0 Å². The average Bonchev–Trinajstić information content (AvgIpc) is 2.63. The summed E-state index contributed by atoms with van der Waals surface area (Å²) < 4.78 is 0. The molecule has 3 N–H and O–H groups in total. The van der Waals surface area contributed by atoms with Crippen LogP contribution >= 0.6 is 11.8 Å². The molecule has 0 bridgehead atoms. The highest BCUT2D eigenvalue weighted by Crippen LogP contribution is 2.27. The normalized spacial score (nSPS) is 21.3. The quantitative estimate of drug-likeness (QED) is 0.753. The Hall–Kier alpha value is -0.220. The van der Waals surface area contributed by atoms with Crippen LogP contribution in [-0.2, 0) is 4.79 Å². The van der Waals surface area contributed by atoms with Crippen molar-refractivity contribution in [2.45, 2.75) is 50.6 Å². The molecule has 15 heavy (non-hydrogen) atoms. The zero-order valence-electron chi connectivity index (χ0n) is 9.71. The number of nitrogens with two attached hydrogens (primary N) is 1. The van der Waals surface area contributed by atoms with E-state index in [4.69, 9.17) is 5.73 Å². The fourth-order valence-corrected chi connectivity index (χ4v) is 2.56. The standard InChI is InChI=1S/C11H22N2OS/c1-9(5-8-15-2)13-10(14)11(12)6-3-4-7-11/h9H,3-8,12H2,1-2H3,(H,13,14). The molecule has 88 valence electrons. The number of thioether (sulfide) groups is 1. The zero-order valence-corrected chi connectivity index (χ0v) is 10.5. The van der Waals surface area contributed by atoms with E-state index in [0.29, 0.717) is 0 Å². The number of carbonyl (C=O) groups is 1. The Kier molecular flexibility index (Phi) is 4.93. The Morgan fingerprint density at radius 1 is 1.53 bits per heavy atom. The van der Waals surface area contributed by atoms with E-state index in [1.807, 2.05) is 6.92 Å². The largest absolute Gasteiger partial charge is 0.352 e. The van der Waals surface area contributed by atoms with Gasteiger partial charge in [0.2, 0.25) is 5.91 Å². The number of amides is 1. The molecule has 1 saturated carbocycles. The van der Waals surface area contributed by atoms with Gasteiger partial charge in [0.25, 0.3) is 0 Å². The minimum absolute atomic E-state index is 0.0496. The van der Waals surface area contributed by atoms with E-state index >= 15 is 0 Å². The van der Waals surface area contributed by atoms with Crippen molar-refractivity contribution < 1.29 is 4.79 Å². The SMILES string of the molecule is CSCCC(C)NC(=O)C1(N)CCCC1. The van der Waals surface area contributed by atoms with Crippen LogP contribution in [0.1, 0.15) is 39.0 Å². The third-order valence-electron chi connectivity index (χ3n) is 3.08. The van der Waals surface area contributed by atoms with Crippen LogP contribution in [0.2, 0.25) is 0 Å². The topological polar surface area (TPSA) is 55.1 Å². The van der Waals surface area contributed by atoms with Gasteiger partial charge in [0.1, 0.15) is 0 Å². The minimum atomic E-state index is -0.576. The molecule has 0 saturated heterocycles. The lowest BCUT2D eigenvalue weighted by molar-refractivity contribution is -0.126. The first-order chi connectivity index (χ1) is 7.08. The number of hydrogen-bond donors (Lipinski definition) is 2. The Morgan fingerprint density at radius 2 is 2.13 bits per heavy atom. The smallest absolute Gasteiger partial charge is 0.240 e. The Labute approximate surface area is 96.6 Å². The minimum Gasteiger partial charge on any atom is -0.352 e. The van der Waals surface area contributed by atoms with Gasteiger partial charge < -0.3 is 11.1 Å². The predicted octanol–water partition coefficient (Wildman–Crippen LogP) is 1.52. The fourth-order valence-electron chi connectivity index (χ4n) is 1.97. The Balaban J connectivity index is 2.34. The summed E-state index contributed by atoms with van der Waals surface area (Å²) >= 11 is 1.81. The fraction of sp³-hybridized carbons (Fsp3) is 0.909. The maximum atomic E-state index is 11.9. The molecule has 0 aliphatic heterocycles. The summed E-state index contributed by atoms with van der Waals surface area (Å²) in [4.78, 5) is 11.9. The summed E-state index contributed by atoms with van der Waals surface area (Å²) in [7, 11) is 0. The van der Waals surface area contributed by atoms with Crippen molar-refractivity contribution >= 4 is 17.7 Å². The molecule has 1 amide bonds. The van der Waals surface area contributed by atoms with E-state index in [1.165, 1.54) is 0 Å². The van der Waals surface area contributed by atoms with Gasteiger partial charge in [-0.15, -0.1) is 0 Å². The highest BCUT2D eigenvalue weighted by molar-refractivity contribution is 7.98. The third-order valence-corrected chi connectivity index (χ3v) is 3.72. The second-order valence-corrected chi connectivity index (χ2v) is 5.50. The number of carbonyl (C=O) groups excluding carboxylic acids is 1. The summed E-state index contributed by atoms with van der Waals surface area (Å²) in [5.41, 5.74) is 5.49. The van der Waals surface area contributed by atoms with E-state index in [2.05, 4.69) is 11.6 Å². The highest BCUT2D eigenvalue weighted by atomic mass is 32.2. The van der Waals surface area contributed by atoms with Crippen molar-refractivity contribution in [1.29, 1.82) is 0 Å². The second-order valence-electron chi connectivity index (χ2n) is 4.52. The van der Waals surface area contributed by atoms with E-state index in [-0.39, 0.29) is 11.9 Å². The van der Waals surface area contributed by atoms with Gasteiger partial charge in [0, 0.05) is 6.04 Å². The van der Waals surface area contributed by atoms with Gasteiger partial charge in [-0.2, -0.15) is 11.8 Å². The van der Waals surface area contributed by atoms with Gasteiger partial charge >= 0.3 is 0 Å². The van der Waals surface area contributed by atoms with E-state index in [1.54, 1.807) is 11.8 Å². The van der Waals surface area contributed by atoms with Crippen molar-refractivity contribution in [3.8, 4) is 0 Å².